The van der Waals surface area contributed by atoms with Gasteiger partial charge in [0, 0.05) is 27.8 Å². The molecule has 0 fully saturated rings. The molecule has 0 bridgehead atoms. The zero-order valence-electron chi connectivity index (χ0n) is 31.1. The van der Waals surface area contributed by atoms with E-state index in [2.05, 4.69) is 206 Å². The van der Waals surface area contributed by atoms with E-state index in [0.29, 0.717) is 0 Å². The van der Waals surface area contributed by atoms with Crippen molar-refractivity contribution in [3.63, 3.8) is 0 Å². The number of aryl methyl sites for hydroxylation is 3. The van der Waals surface area contributed by atoms with Crippen molar-refractivity contribution in [2.75, 3.05) is 4.90 Å². The van der Waals surface area contributed by atoms with Crippen LogP contribution in [0.1, 0.15) is 16.7 Å². The van der Waals surface area contributed by atoms with Crippen LogP contribution in [-0.2, 0) is 0 Å². The summed E-state index contributed by atoms with van der Waals surface area (Å²) in [6.07, 6.45) is 0. The molecular weight excluding hydrogens is 665 g/mol. The highest BCUT2D eigenvalue weighted by Gasteiger charge is 2.25. The number of anilines is 3. The molecule has 0 amide bonds. The Balaban J connectivity index is 1.02. The summed E-state index contributed by atoms with van der Waals surface area (Å²) < 4.78 is 2.41. The Morgan fingerprint density at radius 2 is 0.945 bits per heavy atom. The van der Waals surface area contributed by atoms with Gasteiger partial charge in [-0.25, -0.2) is 0 Å². The lowest BCUT2D eigenvalue weighted by molar-refractivity contribution is 1.19. The van der Waals surface area contributed by atoms with Gasteiger partial charge in [0.1, 0.15) is 0 Å². The fraction of sp³-hybridized carbons (Fsp3) is 0.0566. The molecule has 0 saturated carbocycles. The number of para-hydroxylation sites is 3. The minimum atomic E-state index is 1.16. The first-order valence-electron chi connectivity index (χ1n) is 19.2. The third-order valence-corrected chi connectivity index (χ3v) is 11.8. The highest BCUT2D eigenvalue weighted by atomic mass is 15.1. The van der Waals surface area contributed by atoms with Gasteiger partial charge in [0.25, 0.3) is 0 Å². The number of aromatic nitrogens is 1. The standard InChI is InChI=1S/C53H38N2/c1-33-20-21-39(36-14-5-4-6-15-36)32-52(33)55(53-34(2)12-11-13-35(53)3)43-25-23-38-29-47-48-30-40-26-42(24-22-37(40)28-46(48)49(47)31-41(38)27-43)54-50-18-9-7-16-44(50)45-17-8-10-19-51(45)54/h4-32H,1-3H3. The molecule has 2 heteroatoms. The number of hydrogen-bond donors (Lipinski definition) is 0. The summed E-state index contributed by atoms with van der Waals surface area (Å²) in [4.78, 5) is 2.47. The van der Waals surface area contributed by atoms with Crippen molar-refractivity contribution in [3.05, 3.63) is 193 Å². The number of benzene rings is 9. The molecule has 0 saturated heterocycles. The first-order chi connectivity index (χ1) is 27.0. The van der Waals surface area contributed by atoms with E-state index in [9.17, 15) is 0 Å². The van der Waals surface area contributed by atoms with Gasteiger partial charge in [0.05, 0.1) is 16.7 Å². The second kappa shape index (κ2) is 12.1. The lowest BCUT2D eigenvalue weighted by Crippen LogP contribution is -2.14. The van der Waals surface area contributed by atoms with Gasteiger partial charge in [-0.1, -0.05) is 109 Å². The molecule has 2 nitrogen and oxygen atoms in total. The minimum Gasteiger partial charge on any atom is -0.310 e. The van der Waals surface area contributed by atoms with Crippen LogP contribution in [0.25, 0.3) is 82.4 Å². The van der Waals surface area contributed by atoms with Crippen LogP contribution < -0.4 is 4.90 Å². The van der Waals surface area contributed by atoms with Crippen LogP contribution in [0.5, 0.6) is 0 Å². The van der Waals surface area contributed by atoms with E-state index in [1.54, 1.807) is 0 Å². The SMILES string of the molecule is Cc1ccc(-c2ccccc2)cc1N(c1ccc2cc3c(cc2c1)-c1cc2ccc(-n4c5ccccc5c5ccccc54)cc2cc1-3)c1c(C)cccc1C. The monoisotopic (exact) mass is 702 g/mol. The van der Waals surface area contributed by atoms with Crippen molar-refractivity contribution in [2.24, 2.45) is 0 Å². The van der Waals surface area contributed by atoms with Gasteiger partial charge >= 0.3 is 0 Å². The van der Waals surface area contributed by atoms with Crippen LogP contribution in [0.15, 0.2) is 176 Å². The molecular formula is C53H38N2. The summed E-state index contributed by atoms with van der Waals surface area (Å²) in [5.41, 5.74) is 18.7. The maximum Gasteiger partial charge on any atom is 0.0541 e. The van der Waals surface area contributed by atoms with Crippen molar-refractivity contribution in [2.45, 2.75) is 20.8 Å². The van der Waals surface area contributed by atoms with Gasteiger partial charge in [-0.3, -0.25) is 0 Å². The Kier molecular flexibility index (Phi) is 6.93. The predicted molar refractivity (Wildman–Crippen MR) is 235 cm³/mol. The Bertz CT molecular complexity index is 3110. The molecule has 0 unspecified atom stereocenters. The van der Waals surface area contributed by atoms with Gasteiger partial charge in [0.2, 0.25) is 0 Å². The molecule has 55 heavy (non-hydrogen) atoms. The first kappa shape index (κ1) is 31.6. The number of nitrogens with zero attached hydrogens (tertiary/aromatic N) is 2. The number of fused-ring (bicyclic) bond motifs is 9. The fourth-order valence-corrected chi connectivity index (χ4v) is 9.09. The van der Waals surface area contributed by atoms with Crippen LogP contribution >= 0.6 is 0 Å². The second-order valence-electron chi connectivity index (χ2n) is 15.2. The summed E-state index contributed by atoms with van der Waals surface area (Å²) in [7, 11) is 0. The van der Waals surface area contributed by atoms with Crippen LogP contribution in [0.4, 0.5) is 17.1 Å². The van der Waals surface area contributed by atoms with Crippen LogP contribution in [0, 0.1) is 20.8 Å². The van der Waals surface area contributed by atoms with Gasteiger partial charge < -0.3 is 9.47 Å². The van der Waals surface area contributed by atoms with Crippen molar-refractivity contribution >= 4 is 60.4 Å². The van der Waals surface area contributed by atoms with E-state index in [1.807, 2.05) is 0 Å². The smallest absolute Gasteiger partial charge is 0.0541 e. The first-order valence-corrected chi connectivity index (χ1v) is 19.2. The zero-order valence-corrected chi connectivity index (χ0v) is 31.1. The topological polar surface area (TPSA) is 8.17 Å². The molecule has 0 aliphatic heterocycles. The molecule has 10 aromatic rings. The lowest BCUT2D eigenvalue weighted by atomic mass is 9.78. The van der Waals surface area contributed by atoms with Gasteiger partial charge in [-0.2, -0.15) is 0 Å². The second-order valence-corrected chi connectivity index (χ2v) is 15.2. The number of rotatable bonds is 5. The Labute approximate surface area is 321 Å². The molecule has 1 aliphatic carbocycles. The van der Waals surface area contributed by atoms with Crippen LogP contribution in [0.3, 0.4) is 0 Å². The van der Waals surface area contributed by atoms with E-state index in [-0.39, 0.29) is 0 Å². The molecule has 1 aromatic heterocycles. The highest BCUT2D eigenvalue weighted by molar-refractivity contribution is 6.13. The summed E-state index contributed by atoms with van der Waals surface area (Å²) >= 11 is 0. The average Bonchev–Trinajstić information content (AvgIpc) is 3.56. The zero-order chi connectivity index (χ0) is 36.8. The molecule has 260 valence electrons. The van der Waals surface area contributed by atoms with Crippen molar-refractivity contribution in [1.29, 1.82) is 0 Å². The molecule has 11 rings (SSSR count). The third kappa shape index (κ3) is 4.88. The Morgan fingerprint density at radius 3 is 1.60 bits per heavy atom. The third-order valence-electron chi connectivity index (χ3n) is 11.8. The normalized spacial score (nSPS) is 11.9. The van der Waals surface area contributed by atoms with Crippen LogP contribution in [-0.4, -0.2) is 4.57 Å². The van der Waals surface area contributed by atoms with E-state index in [1.165, 1.54) is 110 Å². The van der Waals surface area contributed by atoms with Gasteiger partial charge in [0.15, 0.2) is 0 Å². The summed E-state index contributed by atoms with van der Waals surface area (Å²) in [5.74, 6) is 0. The molecule has 0 atom stereocenters. The number of hydrogen-bond acceptors (Lipinski definition) is 1. The fourth-order valence-electron chi connectivity index (χ4n) is 9.09. The Morgan fingerprint density at radius 1 is 0.382 bits per heavy atom. The van der Waals surface area contributed by atoms with Gasteiger partial charge in [-0.05, 0) is 159 Å². The quantitative estimate of drug-likeness (QED) is 0.173. The van der Waals surface area contributed by atoms with E-state index in [0.717, 1.165) is 5.69 Å². The predicted octanol–water partition coefficient (Wildman–Crippen LogP) is 14.8. The molecule has 0 radical (unpaired) electrons. The van der Waals surface area contributed by atoms with Crippen molar-refractivity contribution in [3.8, 4) is 39.1 Å². The largest absolute Gasteiger partial charge is 0.310 e. The Hall–Kier alpha value is -6.90. The summed E-state index contributed by atoms with van der Waals surface area (Å²) in [6, 6.07) is 65.1. The van der Waals surface area contributed by atoms with E-state index < -0.39 is 0 Å². The molecule has 0 N–H and O–H groups in total. The summed E-state index contributed by atoms with van der Waals surface area (Å²) in [6.45, 7) is 6.67. The minimum absolute atomic E-state index is 1.16. The summed E-state index contributed by atoms with van der Waals surface area (Å²) in [5, 5.41) is 7.59. The van der Waals surface area contributed by atoms with E-state index in [4.69, 9.17) is 0 Å². The molecule has 1 aliphatic rings. The average molecular weight is 703 g/mol. The van der Waals surface area contributed by atoms with Crippen molar-refractivity contribution < 1.29 is 0 Å². The lowest BCUT2D eigenvalue weighted by Gasteiger charge is -2.31. The maximum absolute atomic E-state index is 2.47. The van der Waals surface area contributed by atoms with E-state index >= 15 is 0 Å². The van der Waals surface area contributed by atoms with Crippen LogP contribution in [0.2, 0.25) is 0 Å². The van der Waals surface area contributed by atoms with Crippen molar-refractivity contribution in [1.82, 2.24) is 4.57 Å². The highest BCUT2D eigenvalue weighted by Crippen LogP contribution is 2.51. The molecule has 9 aromatic carbocycles. The molecule has 1 heterocycles. The maximum atomic E-state index is 2.47. The molecule has 0 spiro atoms. The van der Waals surface area contributed by atoms with Gasteiger partial charge in [-0.15, -0.1) is 0 Å².